The average Bonchev–Trinajstić information content (AvgIpc) is 2.04. The molecule has 1 aliphatic rings. The minimum absolute atomic E-state index is 0.410. The Labute approximate surface area is 74.9 Å². The zero-order valence-corrected chi connectivity index (χ0v) is 7.27. The fraction of sp³-hybridized carbons (Fsp3) is 0.556. The zero-order chi connectivity index (χ0) is 9.90. The lowest BCUT2D eigenvalue weighted by atomic mass is 10.2. The van der Waals surface area contributed by atoms with Crippen molar-refractivity contribution in [1.29, 1.82) is 0 Å². The van der Waals surface area contributed by atoms with Crippen molar-refractivity contribution in [3.63, 3.8) is 0 Å². The summed E-state index contributed by atoms with van der Waals surface area (Å²) < 4.78 is 40.8. The molecule has 0 aromatic heterocycles. The lowest BCUT2D eigenvalue weighted by molar-refractivity contribution is -0.203. The minimum atomic E-state index is -4.28. The molecular weight excluding hydrogens is 181 g/mol. The Morgan fingerprint density at radius 1 is 1.38 bits per heavy atom. The van der Waals surface area contributed by atoms with Crippen LogP contribution in [0.3, 0.4) is 0 Å². The second-order valence-electron chi connectivity index (χ2n) is 2.88. The van der Waals surface area contributed by atoms with Crippen LogP contribution in [0.1, 0.15) is 19.8 Å². The maximum Gasteiger partial charge on any atom is 0.425 e. The quantitative estimate of drug-likeness (QED) is 0.610. The Hall–Kier alpha value is -0.930. The first-order valence-electron chi connectivity index (χ1n) is 4.07. The SMILES string of the molecule is CC(OC1=CCC=CC1)C(F)(F)F. The third-order valence-corrected chi connectivity index (χ3v) is 1.76. The van der Waals surface area contributed by atoms with Crippen LogP contribution < -0.4 is 0 Å². The molecule has 0 aromatic carbocycles. The van der Waals surface area contributed by atoms with Crippen molar-refractivity contribution in [3.05, 3.63) is 24.0 Å². The molecule has 1 atom stereocenters. The molecule has 74 valence electrons. The Kier molecular flexibility index (Phi) is 3.01. The molecule has 0 radical (unpaired) electrons. The van der Waals surface area contributed by atoms with Gasteiger partial charge in [-0.25, -0.2) is 0 Å². The van der Waals surface area contributed by atoms with Crippen LogP contribution in [0.4, 0.5) is 13.2 Å². The Bertz CT molecular complexity index is 228. The Morgan fingerprint density at radius 2 is 2.08 bits per heavy atom. The van der Waals surface area contributed by atoms with Gasteiger partial charge >= 0.3 is 6.18 Å². The van der Waals surface area contributed by atoms with E-state index in [9.17, 15) is 13.2 Å². The summed E-state index contributed by atoms with van der Waals surface area (Å²) in [7, 11) is 0. The molecule has 1 nitrogen and oxygen atoms in total. The Balaban J connectivity index is 2.44. The molecule has 1 aliphatic carbocycles. The molecule has 0 amide bonds. The van der Waals surface area contributed by atoms with Gasteiger partial charge in [0.1, 0.15) is 0 Å². The fourth-order valence-electron chi connectivity index (χ4n) is 0.969. The normalized spacial score (nSPS) is 19.5. The molecule has 0 heterocycles. The number of ether oxygens (including phenoxy) is 1. The van der Waals surface area contributed by atoms with Crippen LogP contribution >= 0.6 is 0 Å². The molecule has 0 aromatic rings. The monoisotopic (exact) mass is 192 g/mol. The van der Waals surface area contributed by atoms with E-state index in [1.807, 2.05) is 6.08 Å². The van der Waals surface area contributed by atoms with E-state index in [0.29, 0.717) is 18.6 Å². The summed E-state index contributed by atoms with van der Waals surface area (Å²) in [6, 6.07) is 0. The average molecular weight is 192 g/mol. The van der Waals surface area contributed by atoms with E-state index < -0.39 is 12.3 Å². The van der Waals surface area contributed by atoms with Crippen molar-refractivity contribution < 1.29 is 17.9 Å². The maximum atomic E-state index is 12.0. The number of halogens is 3. The summed E-state index contributed by atoms with van der Waals surface area (Å²) in [4.78, 5) is 0. The van der Waals surface area contributed by atoms with E-state index in [1.165, 1.54) is 0 Å². The maximum absolute atomic E-state index is 12.0. The fourth-order valence-corrected chi connectivity index (χ4v) is 0.969. The van der Waals surface area contributed by atoms with E-state index in [0.717, 1.165) is 6.92 Å². The van der Waals surface area contributed by atoms with Gasteiger partial charge in [-0.1, -0.05) is 12.2 Å². The second kappa shape index (κ2) is 3.85. The number of alkyl halides is 3. The van der Waals surface area contributed by atoms with Crippen molar-refractivity contribution in [3.8, 4) is 0 Å². The highest BCUT2D eigenvalue weighted by molar-refractivity contribution is 5.09. The molecule has 1 unspecified atom stereocenters. The van der Waals surface area contributed by atoms with E-state index >= 15 is 0 Å². The van der Waals surface area contributed by atoms with Crippen LogP contribution in [0.15, 0.2) is 24.0 Å². The molecule has 0 bridgehead atoms. The number of hydrogen-bond donors (Lipinski definition) is 0. The van der Waals surface area contributed by atoms with Crippen LogP contribution in [0.2, 0.25) is 0 Å². The summed E-state index contributed by atoms with van der Waals surface area (Å²) in [5.74, 6) is 0.410. The lowest BCUT2D eigenvalue weighted by Crippen LogP contribution is -2.28. The van der Waals surface area contributed by atoms with Crippen molar-refractivity contribution in [2.75, 3.05) is 0 Å². The molecule has 1 rings (SSSR count). The van der Waals surface area contributed by atoms with Crippen molar-refractivity contribution in [2.24, 2.45) is 0 Å². The van der Waals surface area contributed by atoms with Gasteiger partial charge in [0.25, 0.3) is 0 Å². The molecular formula is C9H11F3O. The predicted molar refractivity (Wildman–Crippen MR) is 43.1 cm³/mol. The van der Waals surface area contributed by atoms with Gasteiger partial charge in [0.2, 0.25) is 0 Å². The largest absolute Gasteiger partial charge is 0.486 e. The number of hydrogen-bond acceptors (Lipinski definition) is 1. The van der Waals surface area contributed by atoms with Gasteiger partial charge in [0.15, 0.2) is 6.10 Å². The van der Waals surface area contributed by atoms with Gasteiger partial charge in [-0.2, -0.15) is 13.2 Å². The van der Waals surface area contributed by atoms with Crippen LogP contribution in [0.25, 0.3) is 0 Å². The third kappa shape index (κ3) is 3.13. The third-order valence-electron chi connectivity index (χ3n) is 1.76. The highest BCUT2D eigenvalue weighted by Gasteiger charge is 2.38. The summed E-state index contributed by atoms with van der Waals surface area (Å²) in [6.45, 7) is 1.01. The topological polar surface area (TPSA) is 9.23 Å². The summed E-state index contributed by atoms with van der Waals surface area (Å²) >= 11 is 0. The molecule has 0 N–H and O–H groups in total. The summed E-state index contributed by atoms with van der Waals surface area (Å²) in [5.41, 5.74) is 0. The highest BCUT2D eigenvalue weighted by atomic mass is 19.4. The highest BCUT2D eigenvalue weighted by Crippen LogP contribution is 2.26. The summed E-state index contributed by atoms with van der Waals surface area (Å²) in [6.07, 6.45) is 0.485. The van der Waals surface area contributed by atoms with Crippen LogP contribution in [-0.4, -0.2) is 12.3 Å². The lowest BCUT2D eigenvalue weighted by Gasteiger charge is -2.20. The van der Waals surface area contributed by atoms with Crippen LogP contribution in [-0.2, 0) is 4.74 Å². The van der Waals surface area contributed by atoms with Gasteiger partial charge in [-0.3, -0.25) is 0 Å². The second-order valence-corrected chi connectivity index (χ2v) is 2.88. The number of rotatable bonds is 2. The molecule has 0 saturated carbocycles. The molecule has 0 aliphatic heterocycles. The summed E-state index contributed by atoms with van der Waals surface area (Å²) in [5, 5.41) is 0. The van der Waals surface area contributed by atoms with E-state index in [2.05, 4.69) is 0 Å². The molecule has 13 heavy (non-hydrogen) atoms. The van der Waals surface area contributed by atoms with Crippen molar-refractivity contribution in [2.45, 2.75) is 32.0 Å². The minimum Gasteiger partial charge on any atom is -0.486 e. The molecule has 0 spiro atoms. The van der Waals surface area contributed by atoms with Gasteiger partial charge in [0, 0.05) is 6.42 Å². The molecule has 4 heteroatoms. The van der Waals surface area contributed by atoms with Gasteiger partial charge in [-0.05, 0) is 19.4 Å². The van der Waals surface area contributed by atoms with Gasteiger partial charge in [-0.15, -0.1) is 0 Å². The van der Waals surface area contributed by atoms with E-state index in [1.54, 1.807) is 12.2 Å². The number of allylic oxidation sites excluding steroid dienone is 3. The van der Waals surface area contributed by atoms with Gasteiger partial charge < -0.3 is 4.74 Å². The van der Waals surface area contributed by atoms with Crippen LogP contribution in [0, 0.1) is 0 Å². The van der Waals surface area contributed by atoms with E-state index in [-0.39, 0.29) is 0 Å². The molecule has 0 saturated heterocycles. The predicted octanol–water partition coefficient (Wildman–Crippen LogP) is 3.19. The zero-order valence-electron chi connectivity index (χ0n) is 7.27. The van der Waals surface area contributed by atoms with Crippen molar-refractivity contribution in [1.82, 2.24) is 0 Å². The van der Waals surface area contributed by atoms with Crippen molar-refractivity contribution >= 4 is 0 Å². The smallest absolute Gasteiger partial charge is 0.425 e. The molecule has 0 fully saturated rings. The standard InChI is InChI=1S/C9H11F3O/c1-7(9(10,11)12)13-8-5-3-2-4-6-8/h2-3,6-7H,4-5H2,1H3. The first kappa shape index (κ1) is 10.2. The van der Waals surface area contributed by atoms with Crippen LogP contribution in [0.5, 0.6) is 0 Å². The van der Waals surface area contributed by atoms with Gasteiger partial charge in [0.05, 0.1) is 5.76 Å². The first-order valence-corrected chi connectivity index (χ1v) is 4.07. The van der Waals surface area contributed by atoms with E-state index in [4.69, 9.17) is 4.74 Å². The Morgan fingerprint density at radius 3 is 2.54 bits per heavy atom. The first-order chi connectivity index (χ1) is 6.00.